The number of rotatable bonds is 12. The van der Waals surface area contributed by atoms with Crippen molar-refractivity contribution in [2.45, 2.75) is 65.0 Å². The molecule has 0 radical (unpaired) electrons. The van der Waals surface area contributed by atoms with E-state index in [1.807, 2.05) is 41.3 Å². The minimum atomic E-state index is -1.21. The van der Waals surface area contributed by atoms with Crippen LogP contribution in [-0.2, 0) is 23.3 Å². The molecule has 3 aromatic rings. The molecule has 0 aliphatic carbocycles. The summed E-state index contributed by atoms with van der Waals surface area (Å²) in [6, 6.07) is 22.5. The number of alkyl carbamates (subject to hydrolysis) is 1. The highest BCUT2D eigenvalue weighted by molar-refractivity contribution is 5.94. The molecule has 4 rings (SSSR count). The van der Waals surface area contributed by atoms with Gasteiger partial charge in [0.1, 0.15) is 0 Å². The molecule has 0 spiro atoms. The van der Waals surface area contributed by atoms with Crippen molar-refractivity contribution in [2.75, 3.05) is 33.3 Å². The van der Waals surface area contributed by atoms with Crippen LogP contribution in [0.4, 0.5) is 4.79 Å². The highest BCUT2D eigenvalue weighted by Gasteiger charge is 2.42. The minimum absolute atomic E-state index is 0.00507. The van der Waals surface area contributed by atoms with E-state index in [9.17, 15) is 14.7 Å². The molecule has 1 aliphatic rings. The van der Waals surface area contributed by atoms with Gasteiger partial charge in [-0.25, -0.2) is 4.79 Å². The van der Waals surface area contributed by atoms with Crippen LogP contribution in [-0.4, -0.2) is 55.3 Å². The second kappa shape index (κ2) is 15.2. The van der Waals surface area contributed by atoms with Gasteiger partial charge in [-0.1, -0.05) is 68.4 Å². The fourth-order valence-electron chi connectivity index (χ4n) is 6.31. The van der Waals surface area contributed by atoms with Crippen LogP contribution >= 0.6 is 0 Å². The number of carbonyl (C=O) groups excluding carboxylic acids is 2. The summed E-state index contributed by atoms with van der Waals surface area (Å²) < 4.78 is 4.75. The zero-order valence-electron chi connectivity index (χ0n) is 26.1. The zero-order chi connectivity index (χ0) is 30.8. The Balaban J connectivity index is 1.66. The van der Waals surface area contributed by atoms with E-state index in [4.69, 9.17) is 4.74 Å². The number of piperidine rings is 1. The number of benzene rings is 3. The summed E-state index contributed by atoms with van der Waals surface area (Å²) in [6.45, 7) is 9.48. The predicted molar refractivity (Wildman–Crippen MR) is 172 cm³/mol. The van der Waals surface area contributed by atoms with E-state index in [-0.39, 0.29) is 11.8 Å². The number of amides is 2. The second-order valence-corrected chi connectivity index (χ2v) is 11.6. The van der Waals surface area contributed by atoms with Gasteiger partial charge in [-0.15, -0.1) is 0 Å². The maximum absolute atomic E-state index is 13.7. The van der Waals surface area contributed by atoms with Crippen LogP contribution in [0.3, 0.4) is 0 Å². The van der Waals surface area contributed by atoms with Crippen molar-refractivity contribution >= 4 is 12.0 Å². The largest absolute Gasteiger partial charge is 0.453 e. The third-order valence-electron chi connectivity index (χ3n) is 8.72. The number of carbonyl (C=O) groups is 2. The second-order valence-electron chi connectivity index (χ2n) is 11.6. The summed E-state index contributed by atoms with van der Waals surface area (Å²) >= 11 is 0. The van der Waals surface area contributed by atoms with E-state index in [1.54, 1.807) is 0 Å². The number of ether oxygens (including phenoxy) is 1. The molecule has 1 saturated heterocycles. The van der Waals surface area contributed by atoms with E-state index in [2.05, 4.69) is 61.7 Å². The topological polar surface area (TPSA) is 90.9 Å². The number of hydrogen-bond acceptors (Lipinski definition) is 5. The Hall–Kier alpha value is -3.68. The molecule has 2 amide bonds. The predicted octanol–water partition coefficient (Wildman–Crippen LogP) is 6.21. The maximum Gasteiger partial charge on any atom is 0.406 e. The van der Waals surface area contributed by atoms with Crippen LogP contribution in [0.25, 0.3) is 11.1 Å². The number of aryl methyl sites for hydroxylation is 2. The highest BCUT2D eigenvalue weighted by atomic mass is 16.5. The summed E-state index contributed by atoms with van der Waals surface area (Å²) in [4.78, 5) is 27.3. The van der Waals surface area contributed by atoms with E-state index < -0.39 is 11.7 Å². The lowest BCUT2D eigenvalue weighted by Crippen LogP contribution is -2.48. The SMILES string of the molecule is CCNCc1ccc(C(=O)N2CCCC(C(O)(CCCNC(=O)OC)c3cccc(C)c3-c3cccc(CC)c3)C2)cc1. The standard InChI is InChI=1S/C36H47N3O4/c1-5-27-12-8-13-30(23-27)33-26(3)11-7-15-32(33)36(42,20-10-21-38-35(41)43-4)31-14-9-22-39(25-31)34(40)29-18-16-28(17-19-29)24-37-6-2/h7-8,11-13,15-19,23,31,37,42H,5-6,9-10,14,20-22,24-25H2,1-4H3,(H,38,41). The number of nitrogens with zero attached hydrogens (tertiary/aromatic N) is 1. The van der Waals surface area contributed by atoms with Crippen LogP contribution in [0.2, 0.25) is 0 Å². The van der Waals surface area contributed by atoms with Crippen molar-refractivity contribution < 1.29 is 19.4 Å². The van der Waals surface area contributed by atoms with Gasteiger partial charge in [0.25, 0.3) is 5.91 Å². The molecule has 7 heteroatoms. The Bertz CT molecular complexity index is 1370. The Morgan fingerprint density at radius 3 is 2.53 bits per heavy atom. The molecule has 3 N–H and O–H groups in total. The molecular weight excluding hydrogens is 538 g/mol. The van der Waals surface area contributed by atoms with Crippen molar-refractivity contribution in [3.8, 4) is 11.1 Å². The van der Waals surface area contributed by atoms with Crippen LogP contribution in [0.1, 0.15) is 72.1 Å². The molecule has 230 valence electrons. The van der Waals surface area contributed by atoms with E-state index in [1.165, 1.54) is 12.7 Å². The highest BCUT2D eigenvalue weighted by Crippen LogP contribution is 2.44. The van der Waals surface area contributed by atoms with Gasteiger partial charge < -0.3 is 25.4 Å². The molecule has 7 nitrogen and oxygen atoms in total. The molecular formula is C36H47N3O4. The van der Waals surface area contributed by atoms with Gasteiger partial charge in [0.15, 0.2) is 0 Å². The van der Waals surface area contributed by atoms with E-state index in [0.717, 1.165) is 60.2 Å². The average Bonchev–Trinajstić information content (AvgIpc) is 3.05. The number of likely N-dealkylation sites (tertiary alicyclic amines) is 1. The lowest BCUT2D eigenvalue weighted by Gasteiger charge is -2.44. The molecule has 1 fully saturated rings. The smallest absolute Gasteiger partial charge is 0.406 e. The van der Waals surface area contributed by atoms with Crippen LogP contribution in [0, 0.1) is 12.8 Å². The minimum Gasteiger partial charge on any atom is -0.453 e. The molecule has 1 aliphatic heterocycles. The Labute approximate surface area is 256 Å². The summed E-state index contributed by atoms with van der Waals surface area (Å²) in [7, 11) is 1.35. The molecule has 2 unspecified atom stereocenters. The van der Waals surface area contributed by atoms with Crippen molar-refractivity contribution in [1.82, 2.24) is 15.5 Å². The lowest BCUT2D eigenvalue weighted by molar-refractivity contribution is -0.0563. The Kier molecular flexibility index (Phi) is 11.4. The monoisotopic (exact) mass is 585 g/mol. The number of methoxy groups -OCH3 is 1. The molecule has 0 aromatic heterocycles. The third-order valence-corrected chi connectivity index (χ3v) is 8.72. The average molecular weight is 586 g/mol. The van der Waals surface area contributed by atoms with Gasteiger partial charge in [-0.2, -0.15) is 0 Å². The molecule has 43 heavy (non-hydrogen) atoms. The van der Waals surface area contributed by atoms with Crippen molar-refractivity contribution in [1.29, 1.82) is 0 Å². The van der Waals surface area contributed by atoms with E-state index in [0.29, 0.717) is 38.0 Å². The molecule has 2 atom stereocenters. The summed E-state index contributed by atoms with van der Waals surface area (Å²) in [6.07, 6.45) is 3.05. The molecule has 0 bridgehead atoms. The fourth-order valence-corrected chi connectivity index (χ4v) is 6.31. The van der Waals surface area contributed by atoms with Crippen LogP contribution in [0.15, 0.2) is 66.7 Å². The molecule has 3 aromatic carbocycles. The summed E-state index contributed by atoms with van der Waals surface area (Å²) in [5, 5.41) is 18.9. The first-order chi connectivity index (χ1) is 20.8. The first kappa shape index (κ1) is 32.2. The quantitative estimate of drug-likeness (QED) is 0.220. The molecule has 1 heterocycles. The van der Waals surface area contributed by atoms with Gasteiger partial charge in [0.05, 0.1) is 12.7 Å². The van der Waals surface area contributed by atoms with Crippen molar-refractivity contribution in [3.05, 3.63) is 94.5 Å². The van der Waals surface area contributed by atoms with Gasteiger partial charge in [-0.3, -0.25) is 4.79 Å². The Morgan fingerprint density at radius 1 is 1.05 bits per heavy atom. The first-order valence-electron chi connectivity index (χ1n) is 15.6. The van der Waals surface area contributed by atoms with Gasteiger partial charge >= 0.3 is 6.09 Å². The first-order valence-corrected chi connectivity index (χ1v) is 15.6. The Morgan fingerprint density at radius 2 is 1.81 bits per heavy atom. The number of hydrogen-bond donors (Lipinski definition) is 3. The summed E-state index contributed by atoms with van der Waals surface area (Å²) in [5.74, 6) is -0.180. The molecule has 0 saturated carbocycles. The van der Waals surface area contributed by atoms with Gasteiger partial charge in [0, 0.05) is 37.7 Å². The van der Waals surface area contributed by atoms with Gasteiger partial charge in [0.2, 0.25) is 0 Å². The fraction of sp³-hybridized carbons (Fsp3) is 0.444. The third kappa shape index (κ3) is 7.84. The lowest BCUT2D eigenvalue weighted by atomic mass is 9.71. The van der Waals surface area contributed by atoms with Crippen molar-refractivity contribution in [2.24, 2.45) is 5.92 Å². The van der Waals surface area contributed by atoms with Crippen LogP contribution in [0.5, 0.6) is 0 Å². The van der Waals surface area contributed by atoms with Crippen molar-refractivity contribution in [3.63, 3.8) is 0 Å². The van der Waals surface area contributed by atoms with E-state index >= 15 is 0 Å². The normalized spacial score (nSPS) is 16.4. The van der Waals surface area contributed by atoms with Crippen LogP contribution < -0.4 is 10.6 Å². The van der Waals surface area contributed by atoms with Gasteiger partial charge in [-0.05, 0) is 91.1 Å². The maximum atomic E-state index is 13.7. The number of aliphatic hydroxyl groups is 1. The number of nitrogens with one attached hydrogen (secondary N) is 2. The zero-order valence-corrected chi connectivity index (χ0v) is 26.1. The summed E-state index contributed by atoms with van der Waals surface area (Å²) in [5.41, 5.74) is 5.94.